The summed E-state index contributed by atoms with van der Waals surface area (Å²) in [6, 6.07) is 0.199. The van der Waals surface area contributed by atoms with Crippen molar-refractivity contribution in [3.05, 3.63) is 0 Å². The van der Waals surface area contributed by atoms with Crippen molar-refractivity contribution in [2.45, 2.75) is 37.1 Å². The molecular weight excluding hydrogens is 244 g/mol. The van der Waals surface area contributed by atoms with E-state index in [4.69, 9.17) is 9.84 Å². The van der Waals surface area contributed by atoms with Gasteiger partial charge in [-0.05, 0) is 30.2 Å². The highest BCUT2D eigenvalue weighted by molar-refractivity contribution is 7.99. The van der Waals surface area contributed by atoms with Gasteiger partial charge in [0.25, 0.3) is 0 Å². The number of aliphatic carboxylic acids is 1. The molecule has 1 aliphatic heterocycles. The van der Waals surface area contributed by atoms with E-state index in [2.05, 4.69) is 15.5 Å². The molecule has 2 unspecified atom stereocenters. The molecule has 2 heterocycles. The van der Waals surface area contributed by atoms with Crippen molar-refractivity contribution in [3.63, 3.8) is 0 Å². The van der Waals surface area contributed by atoms with Crippen LogP contribution in [0.4, 0.5) is 0 Å². The molecular formula is C9H14N4O3S. The van der Waals surface area contributed by atoms with Crippen LogP contribution in [0.1, 0.15) is 25.8 Å². The van der Waals surface area contributed by atoms with Crippen molar-refractivity contribution in [2.75, 3.05) is 12.4 Å². The number of nitrogens with zero attached hydrogens (tertiary/aromatic N) is 4. The van der Waals surface area contributed by atoms with E-state index >= 15 is 0 Å². The first-order valence-corrected chi connectivity index (χ1v) is 6.39. The number of thioether (sulfide) groups is 1. The minimum atomic E-state index is -0.870. The van der Waals surface area contributed by atoms with Crippen molar-refractivity contribution in [3.8, 4) is 0 Å². The first kappa shape index (κ1) is 12.3. The van der Waals surface area contributed by atoms with E-state index < -0.39 is 5.97 Å². The van der Waals surface area contributed by atoms with E-state index in [-0.39, 0.29) is 17.9 Å². The number of ether oxygens (including phenoxy) is 1. The van der Waals surface area contributed by atoms with Crippen LogP contribution >= 0.6 is 11.8 Å². The van der Waals surface area contributed by atoms with Gasteiger partial charge in [-0.1, -0.05) is 11.8 Å². The Kier molecular flexibility index (Phi) is 3.95. The number of carbonyl (C=O) groups is 1. The highest BCUT2D eigenvalue weighted by Gasteiger charge is 2.24. The zero-order valence-electron chi connectivity index (χ0n) is 9.44. The number of carboxylic acid groups (broad SMARTS) is 1. The fourth-order valence-corrected chi connectivity index (χ4v) is 2.50. The van der Waals surface area contributed by atoms with Crippen molar-refractivity contribution in [1.29, 1.82) is 0 Å². The van der Waals surface area contributed by atoms with E-state index in [1.54, 1.807) is 4.68 Å². The number of carboxylic acids is 1. The second kappa shape index (κ2) is 5.46. The summed E-state index contributed by atoms with van der Waals surface area (Å²) in [6.45, 7) is 2.70. The lowest BCUT2D eigenvalue weighted by molar-refractivity contribution is -0.133. The number of hydrogen-bond acceptors (Lipinski definition) is 6. The van der Waals surface area contributed by atoms with Gasteiger partial charge in [-0.3, -0.25) is 4.79 Å². The third kappa shape index (κ3) is 3.16. The van der Waals surface area contributed by atoms with Crippen LogP contribution in [0.2, 0.25) is 0 Å². The highest BCUT2D eigenvalue weighted by Crippen LogP contribution is 2.27. The summed E-state index contributed by atoms with van der Waals surface area (Å²) in [5.41, 5.74) is 0. The maximum atomic E-state index is 10.5. The largest absolute Gasteiger partial charge is 0.481 e. The molecule has 0 saturated carbocycles. The van der Waals surface area contributed by atoms with Gasteiger partial charge in [-0.15, -0.1) is 5.10 Å². The minimum absolute atomic E-state index is 0.0286. The monoisotopic (exact) mass is 258 g/mol. The van der Waals surface area contributed by atoms with Crippen LogP contribution in [-0.2, 0) is 9.53 Å². The van der Waals surface area contributed by atoms with Crippen LogP contribution in [0.3, 0.4) is 0 Å². The molecule has 2 atom stereocenters. The zero-order valence-corrected chi connectivity index (χ0v) is 10.3. The third-order valence-corrected chi connectivity index (χ3v) is 3.51. The Morgan fingerprint density at radius 2 is 2.53 bits per heavy atom. The normalized spacial score (nSPS) is 24.8. The van der Waals surface area contributed by atoms with E-state index in [0.29, 0.717) is 11.8 Å². The Balaban J connectivity index is 2.04. The maximum absolute atomic E-state index is 10.5. The molecule has 1 saturated heterocycles. The van der Waals surface area contributed by atoms with Crippen molar-refractivity contribution >= 4 is 17.7 Å². The lowest BCUT2D eigenvalue weighted by atomic mass is 10.1. The van der Waals surface area contributed by atoms with E-state index in [1.807, 2.05) is 6.92 Å². The zero-order chi connectivity index (χ0) is 12.3. The summed E-state index contributed by atoms with van der Waals surface area (Å²) in [5, 5.41) is 20.6. The quantitative estimate of drug-likeness (QED) is 0.790. The maximum Gasteiger partial charge on any atom is 0.313 e. The average molecular weight is 258 g/mol. The second-order valence-electron chi connectivity index (χ2n) is 3.95. The Labute approximate surface area is 103 Å². The summed E-state index contributed by atoms with van der Waals surface area (Å²) >= 11 is 1.14. The molecule has 0 radical (unpaired) electrons. The van der Waals surface area contributed by atoms with Gasteiger partial charge < -0.3 is 9.84 Å². The summed E-state index contributed by atoms with van der Waals surface area (Å²) in [5.74, 6) is -0.899. The Bertz CT molecular complexity index is 397. The molecule has 1 N–H and O–H groups in total. The van der Waals surface area contributed by atoms with Crippen LogP contribution < -0.4 is 0 Å². The summed E-state index contributed by atoms with van der Waals surface area (Å²) in [4.78, 5) is 10.5. The number of hydrogen-bond donors (Lipinski definition) is 1. The highest BCUT2D eigenvalue weighted by atomic mass is 32.2. The first-order valence-electron chi connectivity index (χ1n) is 5.41. The molecule has 2 rings (SSSR count). The van der Waals surface area contributed by atoms with Crippen molar-refractivity contribution in [1.82, 2.24) is 20.2 Å². The number of tetrazole rings is 1. The predicted molar refractivity (Wildman–Crippen MR) is 59.9 cm³/mol. The third-order valence-electron chi connectivity index (χ3n) is 2.59. The van der Waals surface area contributed by atoms with Gasteiger partial charge in [0.1, 0.15) is 0 Å². The van der Waals surface area contributed by atoms with Crippen molar-refractivity contribution in [2.24, 2.45) is 0 Å². The fourth-order valence-electron chi connectivity index (χ4n) is 1.83. The molecule has 0 bridgehead atoms. The van der Waals surface area contributed by atoms with Crippen LogP contribution in [0, 0.1) is 0 Å². The van der Waals surface area contributed by atoms with Gasteiger partial charge in [0.15, 0.2) is 0 Å². The fraction of sp³-hybridized carbons (Fsp3) is 0.778. The standard InChI is InChI=1S/C9H14N4O3S/c1-6-4-7(2-3-16-6)13-9(10-11-12-13)17-5-8(14)15/h6-7H,2-5H2,1H3,(H,14,15). The minimum Gasteiger partial charge on any atom is -0.481 e. The van der Waals surface area contributed by atoms with Crippen LogP contribution in [0.25, 0.3) is 0 Å². The molecule has 0 aliphatic carbocycles. The molecule has 8 heteroatoms. The lowest BCUT2D eigenvalue weighted by Crippen LogP contribution is -2.26. The van der Waals surface area contributed by atoms with Gasteiger partial charge in [0.2, 0.25) is 5.16 Å². The summed E-state index contributed by atoms with van der Waals surface area (Å²) in [7, 11) is 0. The molecule has 1 aromatic heterocycles. The van der Waals surface area contributed by atoms with E-state index in [1.165, 1.54) is 0 Å². The van der Waals surface area contributed by atoms with Gasteiger partial charge in [-0.25, -0.2) is 4.68 Å². The second-order valence-corrected chi connectivity index (χ2v) is 4.89. The predicted octanol–water partition coefficient (Wildman–Crippen LogP) is 0.590. The first-order chi connectivity index (χ1) is 8.16. The summed E-state index contributed by atoms with van der Waals surface area (Å²) in [6.07, 6.45) is 1.90. The van der Waals surface area contributed by atoms with Gasteiger partial charge in [0, 0.05) is 6.61 Å². The molecule has 0 amide bonds. The molecule has 1 aliphatic rings. The molecule has 0 spiro atoms. The smallest absolute Gasteiger partial charge is 0.313 e. The van der Waals surface area contributed by atoms with Crippen LogP contribution in [-0.4, -0.2) is 49.7 Å². The average Bonchev–Trinajstić information content (AvgIpc) is 2.74. The Morgan fingerprint density at radius 3 is 3.24 bits per heavy atom. The van der Waals surface area contributed by atoms with Gasteiger partial charge in [0.05, 0.1) is 17.9 Å². The van der Waals surface area contributed by atoms with Gasteiger partial charge >= 0.3 is 5.97 Å². The van der Waals surface area contributed by atoms with Crippen LogP contribution in [0.15, 0.2) is 5.16 Å². The Morgan fingerprint density at radius 1 is 1.71 bits per heavy atom. The molecule has 17 heavy (non-hydrogen) atoms. The van der Waals surface area contributed by atoms with Gasteiger partial charge in [-0.2, -0.15) is 0 Å². The topological polar surface area (TPSA) is 90.1 Å². The molecule has 0 aromatic carbocycles. The van der Waals surface area contributed by atoms with Crippen molar-refractivity contribution < 1.29 is 14.6 Å². The van der Waals surface area contributed by atoms with E-state index in [0.717, 1.165) is 24.6 Å². The molecule has 1 fully saturated rings. The lowest BCUT2D eigenvalue weighted by Gasteiger charge is -2.27. The van der Waals surface area contributed by atoms with Crippen LogP contribution in [0.5, 0.6) is 0 Å². The molecule has 1 aromatic rings. The molecule has 7 nitrogen and oxygen atoms in total. The number of aromatic nitrogens is 4. The van der Waals surface area contributed by atoms with E-state index in [9.17, 15) is 4.79 Å². The molecule has 94 valence electrons. The Hall–Kier alpha value is -1.15. The SMILES string of the molecule is CC1CC(n2nnnc2SCC(=O)O)CCO1. The number of rotatable bonds is 4. The summed E-state index contributed by atoms with van der Waals surface area (Å²) < 4.78 is 7.18.